The summed E-state index contributed by atoms with van der Waals surface area (Å²) in [7, 11) is 0. The zero-order valence-electron chi connectivity index (χ0n) is 12.6. The van der Waals surface area contributed by atoms with Gasteiger partial charge in [0, 0.05) is 23.0 Å². The summed E-state index contributed by atoms with van der Waals surface area (Å²) in [5.74, 6) is -0.358. The Balaban J connectivity index is 1.86. The first-order valence-electron chi connectivity index (χ1n) is 6.73. The first-order chi connectivity index (χ1) is 10.9. The lowest BCUT2D eigenvalue weighted by Crippen LogP contribution is -2.19. The topological polar surface area (TPSA) is 108 Å². The Hall–Kier alpha value is -2.61. The minimum Gasteiger partial charge on any atom is -0.508 e. The molecule has 1 aromatic carbocycles. The third-order valence-corrected chi connectivity index (χ3v) is 3.55. The summed E-state index contributed by atoms with van der Waals surface area (Å²) in [6.45, 7) is 3.74. The quantitative estimate of drug-likeness (QED) is 0.333. The number of aromatic hydroxyl groups is 2. The molecule has 120 valence electrons. The number of rotatable bonds is 5. The number of hydrazone groups is 1. The normalized spacial score (nSPS) is 10.9. The number of aryl methyl sites for hydroxylation is 2. The maximum Gasteiger partial charge on any atom is 0.250 e. The maximum atomic E-state index is 11.7. The SMILES string of the molecule is Cc1cc(C)nc(SCC(=O)N/N=C/c2ccc(O)cc2O)n1. The Morgan fingerprint density at radius 2 is 1.96 bits per heavy atom. The Morgan fingerprint density at radius 3 is 2.61 bits per heavy atom. The highest BCUT2D eigenvalue weighted by Gasteiger charge is 2.05. The van der Waals surface area contributed by atoms with Gasteiger partial charge in [0.05, 0.1) is 12.0 Å². The number of phenolic OH excluding ortho intramolecular Hbond substituents is 2. The van der Waals surface area contributed by atoms with Crippen molar-refractivity contribution < 1.29 is 15.0 Å². The van der Waals surface area contributed by atoms with E-state index in [1.165, 1.54) is 36.2 Å². The molecule has 3 N–H and O–H groups in total. The Bertz CT molecular complexity index is 729. The highest BCUT2D eigenvalue weighted by Crippen LogP contribution is 2.20. The number of hydrogen-bond donors (Lipinski definition) is 3. The molecule has 0 fully saturated rings. The largest absolute Gasteiger partial charge is 0.508 e. The first kappa shape index (κ1) is 16.8. The summed E-state index contributed by atoms with van der Waals surface area (Å²) in [6.07, 6.45) is 1.30. The molecule has 8 heteroatoms. The van der Waals surface area contributed by atoms with Crippen LogP contribution >= 0.6 is 11.8 Å². The molecule has 23 heavy (non-hydrogen) atoms. The van der Waals surface area contributed by atoms with E-state index in [-0.39, 0.29) is 23.2 Å². The van der Waals surface area contributed by atoms with Gasteiger partial charge in [-0.15, -0.1) is 0 Å². The molecule has 0 aliphatic heterocycles. The summed E-state index contributed by atoms with van der Waals surface area (Å²) in [6, 6.07) is 5.95. The predicted octanol–water partition coefficient (Wildman–Crippen LogP) is 1.75. The molecule has 1 heterocycles. The second-order valence-electron chi connectivity index (χ2n) is 4.76. The molecule has 0 aliphatic rings. The van der Waals surface area contributed by atoms with Crippen LogP contribution in [0.3, 0.4) is 0 Å². The van der Waals surface area contributed by atoms with Gasteiger partial charge in [0.1, 0.15) is 11.5 Å². The number of aromatic nitrogens is 2. The maximum absolute atomic E-state index is 11.7. The van der Waals surface area contributed by atoms with E-state index in [1.807, 2.05) is 19.9 Å². The number of amides is 1. The smallest absolute Gasteiger partial charge is 0.250 e. The fourth-order valence-corrected chi connectivity index (χ4v) is 2.48. The van der Waals surface area contributed by atoms with Gasteiger partial charge in [0.15, 0.2) is 5.16 Å². The van der Waals surface area contributed by atoms with Crippen LogP contribution in [0.25, 0.3) is 0 Å². The van der Waals surface area contributed by atoms with Gasteiger partial charge in [-0.25, -0.2) is 15.4 Å². The van der Waals surface area contributed by atoms with E-state index < -0.39 is 0 Å². The van der Waals surface area contributed by atoms with Gasteiger partial charge >= 0.3 is 0 Å². The number of nitrogens with one attached hydrogen (secondary N) is 1. The number of carbonyl (C=O) groups is 1. The number of benzene rings is 1. The van der Waals surface area contributed by atoms with E-state index in [2.05, 4.69) is 20.5 Å². The highest BCUT2D eigenvalue weighted by atomic mass is 32.2. The second kappa shape index (κ2) is 7.59. The number of nitrogens with zero attached hydrogens (tertiary/aromatic N) is 3. The van der Waals surface area contributed by atoms with Crippen molar-refractivity contribution in [2.24, 2.45) is 5.10 Å². The zero-order valence-corrected chi connectivity index (χ0v) is 13.5. The lowest BCUT2D eigenvalue weighted by molar-refractivity contribution is -0.118. The fourth-order valence-electron chi connectivity index (χ4n) is 1.74. The number of carbonyl (C=O) groups excluding carboxylic acids is 1. The molecule has 2 rings (SSSR count). The molecule has 0 unspecified atom stereocenters. The Kier molecular flexibility index (Phi) is 5.53. The van der Waals surface area contributed by atoms with Gasteiger partial charge in [0.25, 0.3) is 5.91 Å². The molecule has 0 saturated carbocycles. The van der Waals surface area contributed by atoms with Gasteiger partial charge in [-0.1, -0.05) is 11.8 Å². The fraction of sp³-hybridized carbons (Fsp3) is 0.200. The van der Waals surface area contributed by atoms with Crippen LogP contribution in [0.5, 0.6) is 11.5 Å². The van der Waals surface area contributed by atoms with Crippen molar-refractivity contribution in [3.8, 4) is 11.5 Å². The lowest BCUT2D eigenvalue weighted by atomic mass is 10.2. The molecule has 0 radical (unpaired) electrons. The van der Waals surface area contributed by atoms with Crippen molar-refractivity contribution in [2.45, 2.75) is 19.0 Å². The lowest BCUT2D eigenvalue weighted by Gasteiger charge is -2.02. The number of phenols is 2. The average Bonchev–Trinajstić information content (AvgIpc) is 2.46. The van der Waals surface area contributed by atoms with Gasteiger partial charge in [-0.3, -0.25) is 4.79 Å². The monoisotopic (exact) mass is 332 g/mol. The summed E-state index contributed by atoms with van der Waals surface area (Å²) in [4.78, 5) is 20.2. The summed E-state index contributed by atoms with van der Waals surface area (Å²) in [5.41, 5.74) is 4.43. The van der Waals surface area contributed by atoms with E-state index in [9.17, 15) is 15.0 Å². The van der Waals surface area contributed by atoms with Crippen LogP contribution < -0.4 is 5.43 Å². The zero-order chi connectivity index (χ0) is 16.8. The van der Waals surface area contributed by atoms with Crippen molar-refractivity contribution in [3.63, 3.8) is 0 Å². The standard InChI is InChI=1S/C15H16N4O3S/c1-9-5-10(2)18-15(17-9)23-8-14(22)19-16-7-11-3-4-12(20)6-13(11)21/h3-7,20-21H,8H2,1-2H3,(H,19,22)/b16-7+. The van der Waals surface area contributed by atoms with Crippen LogP contribution in [0, 0.1) is 13.8 Å². The van der Waals surface area contributed by atoms with Crippen molar-refractivity contribution in [1.29, 1.82) is 0 Å². The highest BCUT2D eigenvalue weighted by molar-refractivity contribution is 7.99. The van der Waals surface area contributed by atoms with Crippen LogP contribution in [0.2, 0.25) is 0 Å². The van der Waals surface area contributed by atoms with E-state index in [0.717, 1.165) is 11.4 Å². The van der Waals surface area contributed by atoms with Crippen LogP contribution in [-0.4, -0.2) is 38.1 Å². The Labute approximate surface area is 137 Å². The molecule has 0 saturated heterocycles. The van der Waals surface area contributed by atoms with E-state index >= 15 is 0 Å². The molecule has 0 spiro atoms. The third kappa shape index (κ3) is 5.26. The average molecular weight is 332 g/mol. The van der Waals surface area contributed by atoms with Crippen molar-refractivity contribution >= 4 is 23.9 Å². The molecule has 1 aromatic heterocycles. The van der Waals surface area contributed by atoms with Crippen molar-refractivity contribution in [3.05, 3.63) is 41.2 Å². The predicted molar refractivity (Wildman–Crippen MR) is 87.7 cm³/mol. The summed E-state index contributed by atoms with van der Waals surface area (Å²) >= 11 is 1.22. The molecule has 0 atom stereocenters. The minimum atomic E-state index is -0.313. The van der Waals surface area contributed by atoms with Crippen LogP contribution in [0.1, 0.15) is 17.0 Å². The van der Waals surface area contributed by atoms with Gasteiger partial charge in [-0.05, 0) is 32.0 Å². The van der Waals surface area contributed by atoms with Gasteiger partial charge in [-0.2, -0.15) is 5.10 Å². The van der Waals surface area contributed by atoms with Crippen LogP contribution in [0.4, 0.5) is 0 Å². The van der Waals surface area contributed by atoms with E-state index in [0.29, 0.717) is 10.7 Å². The van der Waals surface area contributed by atoms with Crippen molar-refractivity contribution in [2.75, 3.05) is 5.75 Å². The Morgan fingerprint density at radius 1 is 1.26 bits per heavy atom. The van der Waals surface area contributed by atoms with E-state index in [1.54, 1.807) is 0 Å². The summed E-state index contributed by atoms with van der Waals surface area (Å²) in [5, 5.41) is 23.1. The molecule has 7 nitrogen and oxygen atoms in total. The molecule has 0 aliphatic carbocycles. The third-order valence-electron chi connectivity index (χ3n) is 2.70. The van der Waals surface area contributed by atoms with Gasteiger partial charge < -0.3 is 10.2 Å². The molecular formula is C15H16N4O3S. The number of thioether (sulfide) groups is 1. The second-order valence-corrected chi connectivity index (χ2v) is 5.70. The van der Waals surface area contributed by atoms with E-state index in [4.69, 9.17) is 0 Å². The number of hydrogen-bond acceptors (Lipinski definition) is 7. The molecule has 0 bridgehead atoms. The van der Waals surface area contributed by atoms with Gasteiger partial charge in [0.2, 0.25) is 0 Å². The summed E-state index contributed by atoms with van der Waals surface area (Å²) < 4.78 is 0. The molecular weight excluding hydrogens is 316 g/mol. The molecule has 2 aromatic rings. The first-order valence-corrected chi connectivity index (χ1v) is 7.71. The van der Waals surface area contributed by atoms with Crippen LogP contribution in [0.15, 0.2) is 34.5 Å². The minimum absolute atomic E-state index is 0.0477. The van der Waals surface area contributed by atoms with Crippen molar-refractivity contribution in [1.82, 2.24) is 15.4 Å². The molecule has 1 amide bonds. The van der Waals surface area contributed by atoms with Crippen LogP contribution in [-0.2, 0) is 4.79 Å².